The van der Waals surface area contributed by atoms with Crippen molar-refractivity contribution in [2.24, 2.45) is 5.92 Å². The van der Waals surface area contributed by atoms with Gasteiger partial charge in [0.1, 0.15) is 0 Å². The van der Waals surface area contributed by atoms with Crippen LogP contribution < -0.4 is 0 Å². The molecule has 2 saturated carbocycles. The molecule has 0 spiro atoms. The van der Waals surface area contributed by atoms with Crippen molar-refractivity contribution in [2.75, 3.05) is 6.54 Å². The number of hydrogen-bond acceptors (Lipinski definition) is 1. The Morgan fingerprint density at radius 1 is 1.05 bits per heavy atom. The lowest BCUT2D eigenvalue weighted by atomic mass is 9.88. The van der Waals surface area contributed by atoms with Crippen molar-refractivity contribution >= 4 is 21.8 Å². The Kier molecular flexibility index (Phi) is 4.99. The Bertz CT molecular complexity index is 474. The Morgan fingerprint density at radius 3 is 2.29 bits per heavy atom. The molecule has 0 heterocycles. The van der Waals surface area contributed by atoms with Crippen LogP contribution in [0.15, 0.2) is 24.3 Å². The van der Waals surface area contributed by atoms with Crippen molar-refractivity contribution in [3.63, 3.8) is 0 Å². The maximum atomic E-state index is 12.8. The minimum atomic E-state index is 0.240. The number of rotatable bonds is 5. The molecule has 0 unspecified atom stereocenters. The highest BCUT2D eigenvalue weighted by Crippen LogP contribution is 2.32. The fourth-order valence-corrected chi connectivity index (χ4v) is 3.71. The standard InChI is InChI=1S/C18H24BrNO/c19-12-14-6-8-16(9-7-14)18(21)20(17-10-11-17)13-15-4-2-1-3-5-15/h6-9,15,17H,1-5,10-13H2. The Hall–Kier alpha value is -0.830. The second-order valence-electron chi connectivity index (χ2n) is 6.52. The molecule has 3 heteroatoms. The monoisotopic (exact) mass is 349 g/mol. The first-order valence-electron chi connectivity index (χ1n) is 8.24. The van der Waals surface area contributed by atoms with Crippen molar-refractivity contribution < 1.29 is 4.79 Å². The average Bonchev–Trinajstić information content (AvgIpc) is 3.38. The van der Waals surface area contributed by atoms with Gasteiger partial charge in [-0.3, -0.25) is 4.79 Å². The molecular weight excluding hydrogens is 326 g/mol. The third kappa shape index (κ3) is 3.88. The number of nitrogens with zero attached hydrogens (tertiary/aromatic N) is 1. The molecule has 3 rings (SSSR count). The molecule has 21 heavy (non-hydrogen) atoms. The number of hydrogen-bond donors (Lipinski definition) is 0. The molecule has 114 valence electrons. The summed E-state index contributed by atoms with van der Waals surface area (Å²) in [5.74, 6) is 0.967. The molecule has 0 N–H and O–H groups in total. The van der Waals surface area contributed by atoms with Crippen LogP contribution in [-0.2, 0) is 5.33 Å². The van der Waals surface area contributed by atoms with Crippen molar-refractivity contribution in [1.82, 2.24) is 4.90 Å². The van der Waals surface area contributed by atoms with Gasteiger partial charge in [-0.15, -0.1) is 0 Å². The lowest BCUT2D eigenvalue weighted by molar-refractivity contribution is 0.0699. The first-order valence-corrected chi connectivity index (χ1v) is 9.36. The second-order valence-corrected chi connectivity index (χ2v) is 7.08. The summed E-state index contributed by atoms with van der Waals surface area (Å²) in [6.45, 7) is 0.976. The number of carbonyl (C=O) groups excluding carboxylic acids is 1. The van der Waals surface area contributed by atoms with E-state index in [1.807, 2.05) is 24.3 Å². The quantitative estimate of drug-likeness (QED) is 0.701. The van der Waals surface area contributed by atoms with E-state index < -0.39 is 0 Å². The minimum Gasteiger partial charge on any atom is -0.335 e. The largest absolute Gasteiger partial charge is 0.335 e. The van der Waals surface area contributed by atoms with Gasteiger partial charge in [0.2, 0.25) is 0 Å². The Balaban J connectivity index is 1.68. The molecule has 1 amide bonds. The molecule has 0 bridgehead atoms. The fourth-order valence-electron chi connectivity index (χ4n) is 3.33. The van der Waals surface area contributed by atoms with Crippen LogP contribution in [0.5, 0.6) is 0 Å². The third-order valence-corrected chi connectivity index (χ3v) is 5.43. The normalized spacial score (nSPS) is 19.5. The van der Waals surface area contributed by atoms with Gasteiger partial charge < -0.3 is 4.90 Å². The van der Waals surface area contributed by atoms with Gasteiger partial charge in [-0.2, -0.15) is 0 Å². The SMILES string of the molecule is O=C(c1ccc(CBr)cc1)N(CC1CCCCC1)C1CC1. The summed E-state index contributed by atoms with van der Waals surface area (Å²) < 4.78 is 0. The molecule has 2 aliphatic rings. The first-order chi connectivity index (χ1) is 10.3. The van der Waals surface area contributed by atoms with Gasteiger partial charge in [-0.05, 0) is 49.3 Å². The molecule has 1 aromatic carbocycles. The summed E-state index contributed by atoms with van der Waals surface area (Å²) in [4.78, 5) is 15.0. The second kappa shape index (κ2) is 6.95. The van der Waals surface area contributed by atoms with Crippen molar-refractivity contribution in [2.45, 2.75) is 56.3 Å². The predicted octanol–water partition coefficient (Wildman–Crippen LogP) is 4.77. The van der Waals surface area contributed by atoms with E-state index in [4.69, 9.17) is 0 Å². The van der Waals surface area contributed by atoms with E-state index in [2.05, 4.69) is 20.8 Å². The van der Waals surface area contributed by atoms with E-state index in [-0.39, 0.29) is 5.91 Å². The number of carbonyl (C=O) groups is 1. The highest BCUT2D eigenvalue weighted by Gasteiger charge is 2.34. The predicted molar refractivity (Wildman–Crippen MR) is 89.7 cm³/mol. The zero-order valence-electron chi connectivity index (χ0n) is 12.6. The average molecular weight is 350 g/mol. The van der Waals surface area contributed by atoms with E-state index in [1.54, 1.807) is 0 Å². The maximum absolute atomic E-state index is 12.8. The molecule has 2 aliphatic carbocycles. The molecule has 0 aliphatic heterocycles. The van der Waals surface area contributed by atoms with E-state index in [0.717, 1.165) is 23.4 Å². The van der Waals surface area contributed by atoms with E-state index in [9.17, 15) is 4.79 Å². The molecule has 0 aromatic heterocycles. The molecule has 2 fully saturated rings. The Labute approximate surface area is 136 Å². The van der Waals surface area contributed by atoms with E-state index >= 15 is 0 Å². The van der Waals surface area contributed by atoms with Crippen LogP contribution in [0.25, 0.3) is 0 Å². The van der Waals surface area contributed by atoms with Gasteiger partial charge in [0.15, 0.2) is 0 Å². The summed E-state index contributed by atoms with van der Waals surface area (Å²) in [6.07, 6.45) is 9.06. The minimum absolute atomic E-state index is 0.240. The van der Waals surface area contributed by atoms with Crippen LogP contribution in [-0.4, -0.2) is 23.4 Å². The van der Waals surface area contributed by atoms with E-state index in [0.29, 0.717) is 6.04 Å². The summed E-state index contributed by atoms with van der Waals surface area (Å²) in [5.41, 5.74) is 2.07. The van der Waals surface area contributed by atoms with Gasteiger partial charge in [-0.1, -0.05) is 47.3 Å². The van der Waals surface area contributed by atoms with Gasteiger partial charge in [0.05, 0.1) is 0 Å². The lowest BCUT2D eigenvalue weighted by Crippen LogP contribution is -2.37. The number of halogens is 1. The molecule has 1 aromatic rings. The fraction of sp³-hybridized carbons (Fsp3) is 0.611. The van der Waals surface area contributed by atoms with Crippen LogP contribution >= 0.6 is 15.9 Å². The summed E-state index contributed by atoms with van der Waals surface area (Å²) in [5, 5.41) is 0.843. The summed E-state index contributed by atoms with van der Waals surface area (Å²) in [7, 11) is 0. The number of benzene rings is 1. The molecule has 0 radical (unpaired) electrons. The van der Waals surface area contributed by atoms with Crippen molar-refractivity contribution in [1.29, 1.82) is 0 Å². The smallest absolute Gasteiger partial charge is 0.254 e. The summed E-state index contributed by atoms with van der Waals surface area (Å²) >= 11 is 3.45. The van der Waals surface area contributed by atoms with Crippen LogP contribution in [0, 0.1) is 5.92 Å². The molecular formula is C18H24BrNO. The van der Waals surface area contributed by atoms with Crippen LogP contribution in [0.3, 0.4) is 0 Å². The first kappa shape index (κ1) is 15.1. The Morgan fingerprint density at radius 2 is 1.71 bits per heavy atom. The van der Waals surface area contributed by atoms with Crippen molar-refractivity contribution in [3.05, 3.63) is 35.4 Å². The molecule has 0 atom stereocenters. The topological polar surface area (TPSA) is 20.3 Å². The molecule has 2 nitrogen and oxygen atoms in total. The zero-order valence-corrected chi connectivity index (χ0v) is 14.1. The van der Waals surface area contributed by atoms with Crippen LogP contribution in [0.2, 0.25) is 0 Å². The number of amides is 1. The number of alkyl halides is 1. The van der Waals surface area contributed by atoms with E-state index in [1.165, 1.54) is 50.5 Å². The third-order valence-electron chi connectivity index (χ3n) is 4.78. The van der Waals surface area contributed by atoms with Gasteiger partial charge in [0.25, 0.3) is 5.91 Å². The molecule has 0 saturated heterocycles. The van der Waals surface area contributed by atoms with Crippen molar-refractivity contribution in [3.8, 4) is 0 Å². The summed E-state index contributed by atoms with van der Waals surface area (Å²) in [6, 6.07) is 8.57. The lowest BCUT2D eigenvalue weighted by Gasteiger charge is -2.30. The van der Waals surface area contributed by atoms with Gasteiger partial charge >= 0.3 is 0 Å². The van der Waals surface area contributed by atoms with Crippen LogP contribution in [0.4, 0.5) is 0 Å². The van der Waals surface area contributed by atoms with Gasteiger partial charge in [-0.25, -0.2) is 0 Å². The zero-order chi connectivity index (χ0) is 14.7. The maximum Gasteiger partial charge on any atom is 0.254 e. The van der Waals surface area contributed by atoms with Gasteiger partial charge in [0, 0.05) is 23.5 Å². The highest BCUT2D eigenvalue weighted by atomic mass is 79.9. The van der Waals surface area contributed by atoms with Crippen LogP contribution in [0.1, 0.15) is 60.9 Å². The highest BCUT2D eigenvalue weighted by molar-refractivity contribution is 9.08.